The van der Waals surface area contributed by atoms with Crippen molar-refractivity contribution in [3.8, 4) is 11.5 Å². The minimum atomic E-state index is -0.820. The van der Waals surface area contributed by atoms with Gasteiger partial charge in [-0.2, -0.15) is 0 Å². The van der Waals surface area contributed by atoms with Gasteiger partial charge in [-0.1, -0.05) is 0 Å². The van der Waals surface area contributed by atoms with Gasteiger partial charge in [0.15, 0.2) is 0 Å². The molecule has 1 aliphatic rings. The summed E-state index contributed by atoms with van der Waals surface area (Å²) in [6.07, 6.45) is 2.15. The van der Waals surface area contributed by atoms with E-state index in [-0.39, 0.29) is 0 Å². The number of ether oxygens (including phenoxy) is 2. The number of benzene rings is 1. The van der Waals surface area contributed by atoms with E-state index in [4.69, 9.17) is 9.47 Å². The number of hydrogen-bond acceptors (Lipinski definition) is 3. The summed E-state index contributed by atoms with van der Waals surface area (Å²) in [6.45, 7) is 1.85. The zero-order chi connectivity index (χ0) is 11.8. The van der Waals surface area contributed by atoms with Gasteiger partial charge >= 0.3 is 0 Å². The standard InChI is InChI=1S/C13H18O3/c1-13(14,9-4-5-9)11-8-10(15-2)6-7-12(11)16-3/h6-9,14H,4-5H2,1-3H3. The molecule has 0 bridgehead atoms. The molecule has 1 atom stereocenters. The molecule has 1 aromatic rings. The lowest BCUT2D eigenvalue weighted by Gasteiger charge is -2.26. The molecule has 1 N–H and O–H groups in total. The lowest BCUT2D eigenvalue weighted by molar-refractivity contribution is 0.0305. The van der Waals surface area contributed by atoms with Crippen molar-refractivity contribution >= 4 is 0 Å². The number of hydrogen-bond donors (Lipinski definition) is 1. The van der Waals surface area contributed by atoms with Crippen LogP contribution in [0.15, 0.2) is 18.2 Å². The van der Waals surface area contributed by atoms with Crippen LogP contribution in [0.25, 0.3) is 0 Å². The van der Waals surface area contributed by atoms with Crippen molar-refractivity contribution in [1.29, 1.82) is 0 Å². The highest BCUT2D eigenvalue weighted by molar-refractivity contribution is 5.44. The van der Waals surface area contributed by atoms with E-state index in [2.05, 4.69) is 0 Å². The third-order valence-electron chi connectivity index (χ3n) is 3.32. The van der Waals surface area contributed by atoms with E-state index in [1.807, 2.05) is 25.1 Å². The van der Waals surface area contributed by atoms with Crippen molar-refractivity contribution in [2.45, 2.75) is 25.4 Å². The molecule has 1 fully saturated rings. The maximum absolute atomic E-state index is 10.5. The zero-order valence-corrected chi connectivity index (χ0v) is 9.99. The lowest BCUT2D eigenvalue weighted by atomic mass is 9.90. The van der Waals surface area contributed by atoms with Gasteiger partial charge in [0.25, 0.3) is 0 Å². The molecule has 0 saturated heterocycles. The molecule has 0 heterocycles. The molecule has 0 aromatic heterocycles. The Balaban J connectivity index is 2.43. The molecule has 1 saturated carbocycles. The Kier molecular flexibility index (Phi) is 2.80. The zero-order valence-electron chi connectivity index (χ0n) is 9.99. The summed E-state index contributed by atoms with van der Waals surface area (Å²) in [7, 11) is 3.24. The van der Waals surface area contributed by atoms with Crippen molar-refractivity contribution in [3.63, 3.8) is 0 Å². The Morgan fingerprint density at radius 1 is 1.25 bits per heavy atom. The Morgan fingerprint density at radius 2 is 1.94 bits per heavy atom. The number of aliphatic hydroxyl groups is 1. The predicted octanol–water partition coefficient (Wildman–Crippen LogP) is 2.32. The highest BCUT2D eigenvalue weighted by Crippen LogP contribution is 2.48. The summed E-state index contributed by atoms with van der Waals surface area (Å²) < 4.78 is 10.5. The fourth-order valence-corrected chi connectivity index (χ4v) is 2.07. The van der Waals surface area contributed by atoms with E-state index in [0.29, 0.717) is 5.92 Å². The first-order chi connectivity index (χ1) is 7.59. The van der Waals surface area contributed by atoms with Crippen LogP contribution in [0.1, 0.15) is 25.3 Å². The summed E-state index contributed by atoms with van der Waals surface area (Å²) in [5.41, 5.74) is -0.00303. The molecule has 3 nitrogen and oxygen atoms in total. The first kappa shape index (κ1) is 11.3. The third-order valence-corrected chi connectivity index (χ3v) is 3.32. The Labute approximate surface area is 96.0 Å². The lowest BCUT2D eigenvalue weighted by Crippen LogP contribution is -2.24. The Hall–Kier alpha value is -1.22. The topological polar surface area (TPSA) is 38.7 Å². The number of methoxy groups -OCH3 is 2. The van der Waals surface area contributed by atoms with Crippen LogP contribution in [0.2, 0.25) is 0 Å². The van der Waals surface area contributed by atoms with E-state index in [0.717, 1.165) is 29.9 Å². The molecular weight excluding hydrogens is 204 g/mol. The highest BCUT2D eigenvalue weighted by atomic mass is 16.5. The van der Waals surface area contributed by atoms with Crippen LogP contribution in [0, 0.1) is 5.92 Å². The number of rotatable bonds is 4. The fraction of sp³-hybridized carbons (Fsp3) is 0.538. The molecule has 3 heteroatoms. The summed E-state index contributed by atoms with van der Waals surface area (Å²) in [5.74, 6) is 1.81. The van der Waals surface area contributed by atoms with Crippen LogP contribution in [0.5, 0.6) is 11.5 Å². The van der Waals surface area contributed by atoms with Crippen LogP contribution >= 0.6 is 0 Å². The van der Waals surface area contributed by atoms with Gasteiger partial charge in [-0.05, 0) is 43.9 Å². The van der Waals surface area contributed by atoms with Gasteiger partial charge in [0.05, 0.1) is 19.8 Å². The van der Waals surface area contributed by atoms with Crippen LogP contribution < -0.4 is 9.47 Å². The van der Waals surface area contributed by atoms with Gasteiger partial charge in [-0.25, -0.2) is 0 Å². The largest absolute Gasteiger partial charge is 0.497 e. The average molecular weight is 222 g/mol. The van der Waals surface area contributed by atoms with Crippen molar-refractivity contribution in [3.05, 3.63) is 23.8 Å². The monoisotopic (exact) mass is 222 g/mol. The first-order valence-corrected chi connectivity index (χ1v) is 5.54. The van der Waals surface area contributed by atoms with Crippen LogP contribution in [0.4, 0.5) is 0 Å². The molecule has 1 unspecified atom stereocenters. The molecule has 0 radical (unpaired) electrons. The van der Waals surface area contributed by atoms with Gasteiger partial charge in [-0.15, -0.1) is 0 Å². The second-order valence-corrected chi connectivity index (χ2v) is 4.49. The molecule has 1 aromatic carbocycles. The van der Waals surface area contributed by atoms with E-state index in [1.165, 1.54) is 0 Å². The maximum atomic E-state index is 10.5. The maximum Gasteiger partial charge on any atom is 0.125 e. The molecule has 0 spiro atoms. The molecule has 2 rings (SSSR count). The predicted molar refractivity (Wildman–Crippen MR) is 61.8 cm³/mol. The van der Waals surface area contributed by atoms with E-state index >= 15 is 0 Å². The van der Waals surface area contributed by atoms with E-state index < -0.39 is 5.60 Å². The molecule has 16 heavy (non-hydrogen) atoms. The molecular formula is C13H18O3. The SMILES string of the molecule is COc1ccc(OC)c(C(C)(O)C2CC2)c1. The smallest absolute Gasteiger partial charge is 0.125 e. The van der Waals surface area contributed by atoms with Gasteiger partial charge in [0.2, 0.25) is 0 Å². The van der Waals surface area contributed by atoms with Crippen molar-refractivity contribution in [1.82, 2.24) is 0 Å². The van der Waals surface area contributed by atoms with E-state index in [9.17, 15) is 5.11 Å². The average Bonchev–Trinajstić information content (AvgIpc) is 3.12. The Bertz CT molecular complexity index is 381. The highest BCUT2D eigenvalue weighted by Gasteiger charge is 2.43. The summed E-state index contributed by atoms with van der Waals surface area (Å²) in [5, 5.41) is 10.5. The minimum Gasteiger partial charge on any atom is -0.497 e. The first-order valence-electron chi connectivity index (χ1n) is 5.54. The summed E-state index contributed by atoms with van der Waals surface area (Å²) in [6, 6.07) is 5.54. The molecule has 0 aliphatic heterocycles. The van der Waals surface area contributed by atoms with Gasteiger partial charge in [-0.3, -0.25) is 0 Å². The van der Waals surface area contributed by atoms with Crippen molar-refractivity contribution in [2.24, 2.45) is 5.92 Å². The quantitative estimate of drug-likeness (QED) is 0.849. The second-order valence-electron chi connectivity index (χ2n) is 4.49. The molecule has 88 valence electrons. The van der Waals surface area contributed by atoms with Gasteiger partial charge < -0.3 is 14.6 Å². The van der Waals surface area contributed by atoms with E-state index in [1.54, 1.807) is 14.2 Å². The van der Waals surface area contributed by atoms with Gasteiger partial charge in [0, 0.05) is 5.56 Å². The van der Waals surface area contributed by atoms with Gasteiger partial charge in [0.1, 0.15) is 11.5 Å². The summed E-state index contributed by atoms with van der Waals surface area (Å²) in [4.78, 5) is 0. The fourth-order valence-electron chi connectivity index (χ4n) is 2.07. The van der Waals surface area contributed by atoms with Crippen LogP contribution in [0.3, 0.4) is 0 Å². The van der Waals surface area contributed by atoms with Crippen LogP contribution in [-0.2, 0) is 5.60 Å². The van der Waals surface area contributed by atoms with Crippen molar-refractivity contribution < 1.29 is 14.6 Å². The molecule has 0 amide bonds. The Morgan fingerprint density at radius 3 is 2.44 bits per heavy atom. The second kappa shape index (κ2) is 3.98. The van der Waals surface area contributed by atoms with Crippen molar-refractivity contribution in [2.75, 3.05) is 14.2 Å². The normalized spacial score (nSPS) is 19.0. The minimum absolute atomic E-state index is 0.341. The van der Waals surface area contributed by atoms with Crippen LogP contribution in [-0.4, -0.2) is 19.3 Å². The molecule has 1 aliphatic carbocycles. The summed E-state index contributed by atoms with van der Waals surface area (Å²) >= 11 is 0. The third kappa shape index (κ3) is 1.87.